The maximum Gasteiger partial charge on any atom is 0.416 e. The van der Waals surface area contributed by atoms with Gasteiger partial charge < -0.3 is 21.1 Å². The highest BCUT2D eigenvalue weighted by Crippen LogP contribution is 2.32. The summed E-state index contributed by atoms with van der Waals surface area (Å²) in [6.45, 7) is 0. The number of halogens is 3. The summed E-state index contributed by atoms with van der Waals surface area (Å²) in [5, 5.41) is 5.50. The molecule has 0 fully saturated rings. The van der Waals surface area contributed by atoms with E-state index in [2.05, 4.69) is 15.4 Å². The molecule has 158 valence electrons. The van der Waals surface area contributed by atoms with Crippen LogP contribution in [0.3, 0.4) is 0 Å². The topological polar surface area (TPSA) is 79.2 Å². The number of nitrogens with one attached hydrogen (secondary N) is 3. The van der Waals surface area contributed by atoms with Gasteiger partial charge in [-0.15, -0.1) is 0 Å². The van der Waals surface area contributed by atoms with Gasteiger partial charge in [-0.25, -0.2) is 0 Å². The molecule has 3 aromatic rings. The second-order valence-corrected chi connectivity index (χ2v) is 6.82. The molecule has 0 aliphatic carbocycles. The van der Waals surface area contributed by atoms with Gasteiger partial charge in [0.15, 0.2) is 0 Å². The number of hydrogen-bond acceptors (Lipinski definition) is 5. The Bertz CT molecular complexity index is 949. The van der Waals surface area contributed by atoms with Gasteiger partial charge in [-0.2, -0.15) is 13.2 Å². The monoisotopic (exact) mass is 434 g/mol. The van der Waals surface area contributed by atoms with Crippen LogP contribution in [0.5, 0.6) is 0 Å². The number of nitrogens with two attached hydrogens (primary N) is 1. The second-order valence-electron chi connectivity index (χ2n) is 5.94. The van der Waals surface area contributed by atoms with Crippen molar-refractivity contribution in [3.8, 4) is 0 Å². The predicted molar refractivity (Wildman–Crippen MR) is 117 cm³/mol. The van der Waals surface area contributed by atoms with E-state index in [1.807, 2.05) is 31.3 Å². The van der Waals surface area contributed by atoms with Gasteiger partial charge in [0.1, 0.15) is 0 Å². The van der Waals surface area contributed by atoms with Gasteiger partial charge in [0.05, 0.1) is 5.56 Å². The number of nitrogen functional groups attached to an aromatic ring is 1. The normalized spacial score (nSPS) is 10.4. The molecule has 1 amide bonds. The van der Waals surface area contributed by atoms with E-state index in [9.17, 15) is 18.0 Å². The van der Waals surface area contributed by atoms with Crippen LogP contribution in [0.15, 0.2) is 77.7 Å². The highest BCUT2D eigenvalue weighted by Gasteiger charge is 2.30. The molecule has 0 aliphatic heterocycles. The maximum absolute atomic E-state index is 12.6. The molecule has 0 heterocycles. The number of alkyl halides is 3. The Balaban J connectivity index is 0.000000297. The van der Waals surface area contributed by atoms with E-state index in [4.69, 9.17) is 5.73 Å². The van der Waals surface area contributed by atoms with Crippen LogP contribution in [-0.4, -0.2) is 13.5 Å². The van der Waals surface area contributed by atoms with Crippen LogP contribution >= 0.6 is 11.9 Å². The highest BCUT2D eigenvalue weighted by atomic mass is 32.2. The summed E-state index contributed by atoms with van der Waals surface area (Å²) in [7, 11) is 1.88. The van der Waals surface area contributed by atoms with Gasteiger partial charge in [0.25, 0.3) is 0 Å². The third kappa shape index (κ3) is 7.59. The number of rotatable bonds is 6. The fourth-order valence-corrected chi connectivity index (χ4v) is 2.94. The first-order chi connectivity index (χ1) is 14.3. The lowest BCUT2D eigenvalue weighted by atomic mass is 10.2. The summed E-state index contributed by atoms with van der Waals surface area (Å²) >= 11 is 1.16. The summed E-state index contributed by atoms with van der Waals surface area (Å²) in [5.74, 6) is 0. The summed E-state index contributed by atoms with van der Waals surface area (Å²) in [6, 6.07) is 19.5. The van der Waals surface area contributed by atoms with Gasteiger partial charge in [-0.3, -0.25) is 4.79 Å². The first-order valence-electron chi connectivity index (χ1n) is 8.75. The lowest BCUT2D eigenvalue weighted by Crippen LogP contribution is -2.04. The predicted octanol–water partition coefficient (Wildman–Crippen LogP) is 5.70. The minimum Gasteiger partial charge on any atom is -0.399 e. The molecule has 0 radical (unpaired) electrons. The van der Waals surface area contributed by atoms with E-state index >= 15 is 0 Å². The highest BCUT2D eigenvalue weighted by molar-refractivity contribution is 8.00. The second kappa shape index (κ2) is 11.0. The molecule has 0 spiro atoms. The van der Waals surface area contributed by atoms with Gasteiger partial charge in [0.2, 0.25) is 6.41 Å². The molecule has 0 aliphatic rings. The minimum absolute atomic E-state index is 0.351. The third-order valence-corrected chi connectivity index (χ3v) is 4.56. The Hall–Kier alpha value is -3.33. The van der Waals surface area contributed by atoms with Crippen LogP contribution in [0.1, 0.15) is 5.56 Å². The smallest absolute Gasteiger partial charge is 0.399 e. The quantitative estimate of drug-likeness (QED) is 0.227. The van der Waals surface area contributed by atoms with E-state index in [0.29, 0.717) is 17.8 Å². The average Bonchev–Trinajstić information content (AvgIpc) is 2.73. The van der Waals surface area contributed by atoms with Crippen LogP contribution in [0, 0.1) is 0 Å². The van der Waals surface area contributed by atoms with Crippen molar-refractivity contribution >= 4 is 41.1 Å². The molecular formula is C21H21F3N4OS. The van der Waals surface area contributed by atoms with Gasteiger partial charge in [0, 0.05) is 34.7 Å². The molecule has 5 N–H and O–H groups in total. The van der Waals surface area contributed by atoms with Crippen LogP contribution in [-0.2, 0) is 11.0 Å². The molecule has 5 nitrogen and oxygen atoms in total. The molecule has 0 bridgehead atoms. The van der Waals surface area contributed by atoms with Crippen molar-refractivity contribution in [3.05, 3.63) is 78.4 Å². The van der Waals surface area contributed by atoms with Crippen molar-refractivity contribution in [3.63, 3.8) is 0 Å². The standard InChI is InChI=1S/C14H11F3N2OS.C7H10N2/c15-14(16,17)10-3-1-5-12(7-10)19-21-13-6-2-4-11(8-13)18-9-20;1-9-7-4-2-6(8)3-5-7/h1-9,19H,(H,18,20);2-5,9H,8H2,1H3. The Kier molecular flexibility index (Phi) is 8.42. The van der Waals surface area contributed by atoms with Gasteiger partial charge >= 0.3 is 6.18 Å². The summed E-state index contributed by atoms with van der Waals surface area (Å²) in [5.41, 5.74) is 7.60. The summed E-state index contributed by atoms with van der Waals surface area (Å²) < 4.78 is 40.6. The van der Waals surface area contributed by atoms with Crippen LogP contribution in [0.25, 0.3) is 0 Å². The number of benzene rings is 3. The molecule has 30 heavy (non-hydrogen) atoms. The van der Waals surface area contributed by atoms with E-state index in [1.165, 1.54) is 6.07 Å². The Morgan fingerprint density at radius 1 is 0.900 bits per heavy atom. The first-order valence-corrected chi connectivity index (χ1v) is 9.57. The Morgan fingerprint density at radius 2 is 1.57 bits per heavy atom. The number of anilines is 4. The molecular weight excluding hydrogens is 413 g/mol. The minimum atomic E-state index is -4.36. The van der Waals surface area contributed by atoms with Crippen LogP contribution < -0.4 is 21.1 Å². The van der Waals surface area contributed by atoms with Crippen molar-refractivity contribution in [2.45, 2.75) is 11.1 Å². The largest absolute Gasteiger partial charge is 0.416 e. The molecule has 0 aromatic heterocycles. The van der Waals surface area contributed by atoms with Crippen molar-refractivity contribution in [2.24, 2.45) is 0 Å². The first kappa shape index (κ1) is 23.0. The molecule has 0 saturated heterocycles. The third-order valence-electron chi connectivity index (χ3n) is 3.74. The Labute approximate surface area is 177 Å². The summed E-state index contributed by atoms with van der Waals surface area (Å²) in [4.78, 5) is 11.1. The number of amides is 1. The molecule has 3 rings (SSSR count). The van der Waals surface area contributed by atoms with Crippen molar-refractivity contribution < 1.29 is 18.0 Å². The Morgan fingerprint density at radius 3 is 2.20 bits per heavy atom. The molecule has 0 saturated carbocycles. The lowest BCUT2D eigenvalue weighted by molar-refractivity contribution is -0.137. The molecule has 9 heteroatoms. The molecule has 0 atom stereocenters. The van der Waals surface area contributed by atoms with Gasteiger partial charge in [-0.05, 0) is 72.6 Å². The van der Waals surface area contributed by atoms with Crippen LogP contribution in [0.2, 0.25) is 0 Å². The van der Waals surface area contributed by atoms with Crippen molar-refractivity contribution in [1.82, 2.24) is 0 Å². The SMILES string of the molecule is CNc1ccc(N)cc1.O=CNc1cccc(SNc2cccc(C(F)(F)F)c2)c1. The number of carbonyl (C=O) groups excluding carboxylic acids is 1. The fourth-order valence-electron chi connectivity index (χ4n) is 2.24. The van der Waals surface area contributed by atoms with Crippen molar-refractivity contribution in [1.29, 1.82) is 0 Å². The number of carbonyl (C=O) groups is 1. The van der Waals surface area contributed by atoms with Crippen LogP contribution in [0.4, 0.5) is 35.9 Å². The number of hydrogen-bond donors (Lipinski definition) is 4. The molecule has 3 aromatic carbocycles. The van der Waals surface area contributed by atoms with E-state index in [1.54, 1.807) is 30.3 Å². The van der Waals surface area contributed by atoms with E-state index < -0.39 is 11.7 Å². The lowest BCUT2D eigenvalue weighted by Gasteiger charge is -2.10. The summed E-state index contributed by atoms with van der Waals surface area (Å²) in [6.07, 6.45) is -3.81. The maximum atomic E-state index is 12.6. The van der Waals surface area contributed by atoms with Gasteiger partial charge in [-0.1, -0.05) is 12.1 Å². The van der Waals surface area contributed by atoms with E-state index in [0.717, 1.165) is 40.4 Å². The van der Waals surface area contributed by atoms with E-state index in [-0.39, 0.29) is 0 Å². The zero-order valence-electron chi connectivity index (χ0n) is 16.0. The zero-order valence-corrected chi connectivity index (χ0v) is 16.8. The molecule has 0 unspecified atom stereocenters. The zero-order chi connectivity index (χ0) is 22.0. The fraction of sp³-hybridized carbons (Fsp3) is 0.0952. The van der Waals surface area contributed by atoms with Crippen molar-refractivity contribution in [2.75, 3.05) is 28.1 Å². The average molecular weight is 434 g/mol.